The predicted octanol–water partition coefficient (Wildman–Crippen LogP) is 4.77. The van der Waals surface area contributed by atoms with Gasteiger partial charge < -0.3 is 0 Å². The first kappa shape index (κ1) is 12.0. The maximum Gasteiger partial charge on any atom is -0.00556 e. The third kappa shape index (κ3) is 6.11. The minimum atomic E-state index is 1.05. The van der Waals surface area contributed by atoms with Crippen molar-refractivity contribution in [2.24, 2.45) is 0 Å². The van der Waals surface area contributed by atoms with Crippen molar-refractivity contribution in [3.05, 3.63) is 54.5 Å². The molecule has 0 fully saturated rings. The first-order chi connectivity index (χ1) is 7.43. The number of hydrogen-bond acceptors (Lipinski definition) is 0. The summed E-state index contributed by atoms with van der Waals surface area (Å²) in [5, 5.41) is 0. The summed E-state index contributed by atoms with van der Waals surface area (Å²) < 4.78 is 0. The summed E-state index contributed by atoms with van der Waals surface area (Å²) in [5.41, 5.74) is 1.32. The van der Waals surface area contributed by atoms with E-state index in [2.05, 4.69) is 55.8 Å². The van der Waals surface area contributed by atoms with Crippen LogP contribution >= 0.6 is 0 Å². The van der Waals surface area contributed by atoms with Crippen molar-refractivity contribution in [1.82, 2.24) is 0 Å². The molecule has 0 heteroatoms. The Labute approximate surface area is 94.0 Å². The molecule has 0 unspecified atom stereocenters. The van der Waals surface area contributed by atoms with Gasteiger partial charge in [-0.25, -0.2) is 0 Å². The summed E-state index contributed by atoms with van der Waals surface area (Å²) >= 11 is 0. The van der Waals surface area contributed by atoms with Crippen molar-refractivity contribution in [3.8, 4) is 0 Å². The normalized spacial score (nSPS) is 11.0. The van der Waals surface area contributed by atoms with Crippen molar-refractivity contribution >= 4 is 0 Å². The zero-order chi connectivity index (χ0) is 10.8. The summed E-state index contributed by atoms with van der Waals surface area (Å²) in [6, 6.07) is 10.5. The Balaban J connectivity index is 2.06. The number of rotatable bonds is 7. The maximum atomic E-state index is 2.30. The first-order valence-corrected chi connectivity index (χ1v) is 5.96. The second kappa shape index (κ2) is 8.28. The van der Waals surface area contributed by atoms with Crippen molar-refractivity contribution < 1.29 is 0 Å². The second-order valence-electron chi connectivity index (χ2n) is 3.82. The van der Waals surface area contributed by atoms with Gasteiger partial charge in [0.25, 0.3) is 0 Å². The van der Waals surface area contributed by atoms with Crippen LogP contribution in [0.3, 0.4) is 0 Å². The third-order valence-corrected chi connectivity index (χ3v) is 2.43. The Kier molecular flexibility index (Phi) is 6.64. The highest BCUT2D eigenvalue weighted by Gasteiger charge is 1.88. The standard InChI is InChI=1S/C15H21/c1-2-3-4-5-6-7-9-12-15-13-10-8-11-14-15/h6-8,10-14H,2-5,9H2,1H3. The third-order valence-electron chi connectivity index (χ3n) is 2.43. The highest BCUT2D eigenvalue weighted by Crippen LogP contribution is 2.06. The molecule has 0 aromatic heterocycles. The van der Waals surface area contributed by atoms with E-state index in [9.17, 15) is 0 Å². The molecule has 0 amide bonds. The molecule has 0 saturated carbocycles. The molecule has 0 atom stereocenters. The van der Waals surface area contributed by atoms with Crippen molar-refractivity contribution in [3.63, 3.8) is 0 Å². The summed E-state index contributed by atoms with van der Waals surface area (Å²) in [4.78, 5) is 0. The minimum absolute atomic E-state index is 1.05. The topological polar surface area (TPSA) is 0 Å². The fourth-order valence-electron chi connectivity index (χ4n) is 1.52. The molecule has 1 aromatic rings. The van der Waals surface area contributed by atoms with Gasteiger partial charge in [-0.15, -0.1) is 0 Å². The predicted molar refractivity (Wildman–Crippen MR) is 67.7 cm³/mol. The van der Waals surface area contributed by atoms with Crippen LogP contribution in [-0.2, 0) is 0 Å². The molecule has 0 saturated heterocycles. The molecular weight excluding hydrogens is 180 g/mol. The van der Waals surface area contributed by atoms with Gasteiger partial charge in [0.05, 0.1) is 0 Å². The Hall–Kier alpha value is -1.04. The van der Waals surface area contributed by atoms with Crippen molar-refractivity contribution in [1.29, 1.82) is 0 Å². The summed E-state index contributed by atoms with van der Waals surface area (Å²) in [6.45, 7) is 2.24. The van der Waals surface area contributed by atoms with E-state index < -0.39 is 0 Å². The largest absolute Gasteiger partial charge is 0.0885 e. The van der Waals surface area contributed by atoms with Crippen LogP contribution in [0.1, 0.15) is 44.6 Å². The lowest BCUT2D eigenvalue weighted by Crippen LogP contribution is -1.78. The van der Waals surface area contributed by atoms with Crippen molar-refractivity contribution in [2.75, 3.05) is 0 Å². The minimum Gasteiger partial charge on any atom is -0.0885 e. The SMILES string of the molecule is CCCCCC=CC[CH]c1ccccc1. The van der Waals surface area contributed by atoms with Crippen LogP contribution in [0, 0.1) is 6.42 Å². The van der Waals surface area contributed by atoms with E-state index in [1.165, 1.54) is 31.2 Å². The van der Waals surface area contributed by atoms with Gasteiger partial charge in [0.2, 0.25) is 0 Å². The molecule has 0 spiro atoms. The van der Waals surface area contributed by atoms with Gasteiger partial charge in [-0.3, -0.25) is 0 Å². The van der Waals surface area contributed by atoms with Crippen LogP contribution in [-0.4, -0.2) is 0 Å². The van der Waals surface area contributed by atoms with Crippen LogP contribution in [0.25, 0.3) is 0 Å². The molecule has 0 aliphatic heterocycles. The lowest BCUT2D eigenvalue weighted by atomic mass is 10.1. The molecular formula is C15H21. The van der Waals surface area contributed by atoms with Gasteiger partial charge in [-0.1, -0.05) is 62.2 Å². The fourth-order valence-corrected chi connectivity index (χ4v) is 1.52. The molecule has 1 rings (SSSR count). The molecule has 0 aliphatic carbocycles. The zero-order valence-electron chi connectivity index (χ0n) is 9.65. The number of allylic oxidation sites excluding steroid dienone is 2. The molecule has 0 N–H and O–H groups in total. The van der Waals surface area contributed by atoms with E-state index >= 15 is 0 Å². The van der Waals surface area contributed by atoms with Crippen LogP contribution in [0.15, 0.2) is 42.5 Å². The molecule has 0 bridgehead atoms. The van der Waals surface area contributed by atoms with E-state index in [1.54, 1.807) is 0 Å². The second-order valence-corrected chi connectivity index (χ2v) is 3.82. The molecule has 0 nitrogen and oxygen atoms in total. The van der Waals surface area contributed by atoms with Gasteiger partial charge in [0.15, 0.2) is 0 Å². The quantitative estimate of drug-likeness (QED) is 0.440. The highest BCUT2D eigenvalue weighted by molar-refractivity contribution is 5.23. The van der Waals surface area contributed by atoms with Crippen LogP contribution < -0.4 is 0 Å². The van der Waals surface area contributed by atoms with Crippen LogP contribution in [0.5, 0.6) is 0 Å². The average molecular weight is 201 g/mol. The Morgan fingerprint density at radius 3 is 2.53 bits per heavy atom. The average Bonchev–Trinajstić information content (AvgIpc) is 2.29. The number of hydrogen-bond donors (Lipinski definition) is 0. The Bertz CT molecular complexity index is 259. The summed E-state index contributed by atoms with van der Waals surface area (Å²) in [6.07, 6.45) is 13.1. The van der Waals surface area contributed by atoms with E-state index in [0.29, 0.717) is 0 Å². The van der Waals surface area contributed by atoms with Crippen LogP contribution in [0.4, 0.5) is 0 Å². The molecule has 15 heavy (non-hydrogen) atoms. The fraction of sp³-hybridized carbons (Fsp3) is 0.400. The number of unbranched alkanes of at least 4 members (excludes halogenated alkanes) is 3. The molecule has 1 aromatic carbocycles. The van der Waals surface area contributed by atoms with E-state index in [1.807, 2.05) is 0 Å². The van der Waals surface area contributed by atoms with Crippen molar-refractivity contribution in [2.45, 2.75) is 39.0 Å². The Morgan fingerprint density at radius 1 is 1.00 bits per heavy atom. The van der Waals surface area contributed by atoms with Gasteiger partial charge in [0.1, 0.15) is 0 Å². The number of benzene rings is 1. The molecule has 1 radical (unpaired) electrons. The van der Waals surface area contributed by atoms with Gasteiger partial charge in [-0.2, -0.15) is 0 Å². The van der Waals surface area contributed by atoms with E-state index in [0.717, 1.165) is 6.42 Å². The summed E-state index contributed by atoms with van der Waals surface area (Å²) in [5.74, 6) is 0. The van der Waals surface area contributed by atoms with Gasteiger partial charge >= 0.3 is 0 Å². The zero-order valence-corrected chi connectivity index (χ0v) is 9.65. The molecule has 81 valence electrons. The maximum absolute atomic E-state index is 2.30. The molecule has 0 heterocycles. The molecule has 0 aliphatic rings. The van der Waals surface area contributed by atoms with Gasteiger partial charge in [-0.05, 0) is 31.2 Å². The first-order valence-electron chi connectivity index (χ1n) is 5.96. The summed E-state index contributed by atoms with van der Waals surface area (Å²) in [7, 11) is 0. The lowest BCUT2D eigenvalue weighted by Gasteiger charge is -1.96. The lowest BCUT2D eigenvalue weighted by molar-refractivity contribution is 0.728. The Morgan fingerprint density at radius 2 is 1.80 bits per heavy atom. The smallest absolute Gasteiger partial charge is 0.00556 e. The van der Waals surface area contributed by atoms with Crippen LogP contribution in [0.2, 0.25) is 0 Å². The van der Waals surface area contributed by atoms with Gasteiger partial charge in [0, 0.05) is 0 Å². The highest BCUT2D eigenvalue weighted by atomic mass is 13.9. The van der Waals surface area contributed by atoms with E-state index in [4.69, 9.17) is 0 Å². The monoisotopic (exact) mass is 201 g/mol. The van der Waals surface area contributed by atoms with E-state index in [-0.39, 0.29) is 0 Å².